The molecule has 33 heavy (non-hydrogen) atoms. The highest BCUT2D eigenvalue weighted by atomic mass is 32.2. The minimum atomic E-state index is -3.62. The summed E-state index contributed by atoms with van der Waals surface area (Å²) in [6.07, 6.45) is 11.8. The molecule has 2 heterocycles. The third-order valence-corrected chi connectivity index (χ3v) is 8.78. The Bertz CT molecular complexity index is 1050. The number of carbonyl (C=O) groups is 1. The van der Waals surface area contributed by atoms with Crippen LogP contribution in [0.15, 0.2) is 66.3 Å². The van der Waals surface area contributed by atoms with Gasteiger partial charge in [-0.05, 0) is 67.5 Å². The highest BCUT2D eigenvalue weighted by molar-refractivity contribution is 7.92. The largest absolute Gasteiger partial charge is 0.334 e. The van der Waals surface area contributed by atoms with Gasteiger partial charge in [0.05, 0.1) is 4.90 Å². The van der Waals surface area contributed by atoms with Crippen LogP contribution in [0.1, 0.15) is 44.1 Å². The summed E-state index contributed by atoms with van der Waals surface area (Å²) in [6.45, 7) is 5.02. The third kappa shape index (κ3) is 5.45. The zero-order chi connectivity index (χ0) is 23.3. The quantitative estimate of drug-likeness (QED) is 0.590. The summed E-state index contributed by atoms with van der Waals surface area (Å²) >= 11 is 0. The SMILES string of the molecule is C=CC(N1CCCC2CCCCC21)S(=O)(=O)c1ccc(NC(=O)NCc2cccnc2)cc1. The summed E-state index contributed by atoms with van der Waals surface area (Å²) in [6, 6.07) is 10.00. The topological polar surface area (TPSA) is 91.4 Å². The first-order chi connectivity index (χ1) is 16.0. The Kier molecular flexibility index (Phi) is 7.45. The van der Waals surface area contributed by atoms with E-state index in [0.29, 0.717) is 24.2 Å². The highest BCUT2D eigenvalue weighted by Gasteiger charge is 2.40. The van der Waals surface area contributed by atoms with Crippen LogP contribution in [-0.2, 0) is 16.4 Å². The van der Waals surface area contributed by atoms with Crippen molar-refractivity contribution in [1.82, 2.24) is 15.2 Å². The maximum absolute atomic E-state index is 13.5. The fourth-order valence-corrected chi connectivity index (χ4v) is 6.81. The van der Waals surface area contributed by atoms with Crippen molar-refractivity contribution in [2.45, 2.75) is 61.4 Å². The second-order valence-electron chi connectivity index (χ2n) is 8.86. The summed E-state index contributed by atoms with van der Waals surface area (Å²) in [5.74, 6) is 0.585. The fraction of sp³-hybridized carbons (Fsp3) is 0.440. The number of aromatic nitrogens is 1. The second-order valence-corrected chi connectivity index (χ2v) is 10.9. The molecular formula is C25H32N4O3S. The lowest BCUT2D eigenvalue weighted by atomic mass is 9.78. The van der Waals surface area contributed by atoms with E-state index in [1.165, 1.54) is 19.3 Å². The monoisotopic (exact) mass is 468 g/mol. The number of hydrogen-bond donors (Lipinski definition) is 2. The first kappa shape index (κ1) is 23.4. The van der Waals surface area contributed by atoms with Crippen molar-refractivity contribution in [1.29, 1.82) is 0 Å². The van der Waals surface area contributed by atoms with Crippen molar-refractivity contribution in [2.24, 2.45) is 5.92 Å². The molecule has 8 heteroatoms. The van der Waals surface area contributed by atoms with Gasteiger partial charge in [-0.25, -0.2) is 13.2 Å². The Labute approximate surface area is 196 Å². The molecule has 176 valence electrons. The second kappa shape index (κ2) is 10.5. The summed E-state index contributed by atoms with van der Waals surface area (Å²) in [4.78, 5) is 18.6. The van der Waals surface area contributed by atoms with Crippen molar-refractivity contribution in [3.8, 4) is 0 Å². The minimum Gasteiger partial charge on any atom is -0.334 e. The number of pyridine rings is 1. The molecule has 0 bridgehead atoms. The Morgan fingerprint density at radius 2 is 1.91 bits per heavy atom. The maximum atomic E-state index is 13.5. The molecule has 2 aromatic rings. The van der Waals surface area contributed by atoms with Crippen LogP contribution in [0.4, 0.5) is 10.5 Å². The van der Waals surface area contributed by atoms with Crippen LogP contribution in [0, 0.1) is 5.92 Å². The molecule has 1 aromatic carbocycles. The lowest BCUT2D eigenvalue weighted by molar-refractivity contribution is 0.0602. The number of fused-ring (bicyclic) bond motifs is 1. The summed E-state index contributed by atoms with van der Waals surface area (Å²) in [5, 5.41) is 4.77. The molecule has 2 amide bonds. The Balaban J connectivity index is 1.42. The lowest BCUT2D eigenvalue weighted by Gasteiger charge is -2.46. The van der Waals surface area contributed by atoms with Crippen molar-refractivity contribution in [2.75, 3.05) is 11.9 Å². The van der Waals surface area contributed by atoms with E-state index in [9.17, 15) is 13.2 Å². The Morgan fingerprint density at radius 1 is 1.15 bits per heavy atom. The van der Waals surface area contributed by atoms with Crippen molar-refractivity contribution >= 4 is 21.6 Å². The normalized spacial score (nSPS) is 22.1. The zero-order valence-electron chi connectivity index (χ0n) is 18.8. The number of hydrogen-bond acceptors (Lipinski definition) is 5. The summed E-state index contributed by atoms with van der Waals surface area (Å²) in [7, 11) is -3.62. The van der Waals surface area contributed by atoms with E-state index in [-0.39, 0.29) is 10.9 Å². The van der Waals surface area contributed by atoms with Gasteiger partial charge >= 0.3 is 6.03 Å². The number of urea groups is 1. The molecule has 2 aliphatic rings. The number of nitrogens with zero attached hydrogens (tertiary/aromatic N) is 2. The number of likely N-dealkylation sites (tertiary alicyclic amines) is 1. The maximum Gasteiger partial charge on any atom is 0.319 e. The summed E-state index contributed by atoms with van der Waals surface area (Å²) in [5.41, 5.74) is 1.42. The van der Waals surface area contributed by atoms with Crippen LogP contribution in [0.2, 0.25) is 0 Å². The molecule has 1 saturated carbocycles. The number of anilines is 1. The van der Waals surface area contributed by atoms with Crippen LogP contribution in [0.25, 0.3) is 0 Å². The van der Waals surface area contributed by atoms with Crippen molar-refractivity contribution in [3.63, 3.8) is 0 Å². The Morgan fingerprint density at radius 3 is 2.64 bits per heavy atom. The number of amides is 2. The number of carbonyl (C=O) groups excluding carboxylic acids is 1. The molecule has 4 rings (SSSR count). The van der Waals surface area contributed by atoms with Crippen LogP contribution in [0.5, 0.6) is 0 Å². The van der Waals surface area contributed by atoms with Gasteiger partial charge < -0.3 is 10.6 Å². The van der Waals surface area contributed by atoms with Gasteiger partial charge in [0, 0.05) is 37.2 Å². The van der Waals surface area contributed by atoms with Gasteiger partial charge in [-0.3, -0.25) is 9.88 Å². The zero-order valence-corrected chi connectivity index (χ0v) is 19.6. The molecule has 1 aromatic heterocycles. The number of piperidine rings is 1. The molecule has 2 fully saturated rings. The molecule has 1 aliphatic carbocycles. The Hall–Kier alpha value is -2.71. The first-order valence-electron chi connectivity index (χ1n) is 11.6. The average Bonchev–Trinajstić information content (AvgIpc) is 2.84. The van der Waals surface area contributed by atoms with Gasteiger partial charge in [0.1, 0.15) is 5.37 Å². The van der Waals surface area contributed by atoms with Gasteiger partial charge in [0.15, 0.2) is 9.84 Å². The van der Waals surface area contributed by atoms with E-state index < -0.39 is 15.2 Å². The standard InChI is InChI=1S/C25H32N4O3S/c1-2-24(29-16-6-9-20-8-3-4-10-23(20)29)33(31,32)22-13-11-21(12-14-22)28-25(30)27-18-19-7-5-15-26-17-19/h2,5,7,11-15,17,20,23-24H,1,3-4,6,8-10,16,18H2,(H2,27,28,30). The molecule has 1 saturated heterocycles. The van der Waals surface area contributed by atoms with E-state index >= 15 is 0 Å². The van der Waals surface area contributed by atoms with Crippen LogP contribution in [-0.4, -0.2) is 42.3 Å². The van der Waals surface area contributed by atoms with E-state index in [1.54, 1.807) is 42.7 Å². The highest BCUT2D eigenvalue weighted by Crippen LogP contribution is 2.38. The molecule has 0 spiro atoms. The van der Waals surface area contributed by atoms with Crippen molar-refractivity contribution < 1.29 is 13.2 Å². The van der Waals surface area contributed by atoms with E-state index in [4.69, 9.17) is 0 Å². The van der Waals surface area contributed by atoms with Crippen LogP contribution >= 0.6 is 0 Å². The van der Waals surface area contributed by atoms with Gasteiger partial charge in [0.2, 0.25) is 0 Å². The van der Waals surface area contributed by atoms with Gasteiger partial charge in [-0.2, -0.15) is 0 Å². The number of rotatable bonds is 7. The molecule has 2 N–H and O–H groups in total. The fourth-order valence-electron chi connectivity index (χ4n) is 5.15. The van der Waals surface area contributed by atoms with Gasteiger partial charge in [0.25, 0.3) is 0 Å². The minimum absolute atomic E-state index is 0.242. The smallest absolute Gasteiger partial charge is 0.319 e. The molecule has 7 nitrogen and oxygen atoms in total. The number of benzene rings is 1. The van der Waals surface area contributed by atoms with E-state index in [0.717, 1.165) is 31.4 Å². The molecule has 0 radical (unpaired) electrons. The molecule has 3 unspecified atom stereocenters. The molecular weight excluding hydrogens is 436 g/mol. The van der Waals surface area contributed by atoms with E-state index in [1.807, 2.05) is 12.1 Å². The average molecular weight is 469 g/mol. The number of nitrogens with one attached hydrogen (secondary N) is 2. The van der Waals surface area contributed by atoms with Gasteiger partial charge in [-0.15, -0.1) is 6.58 Å². The van der Waals surface area contributed by atoms with Crippen molar-refractivity contribution in [3.05, 3.63) is 67.0 Å². The lowest BCUT2D eigenvalue weighted by Crippen LogP contribution is -2.53. The third-order valence-electron chi connectivity index (χ3n) is 6.75. The molecule has 3 atom stereocenters. The predicted molar refractivity (Wildman–Crippen MR) is 129 cm³/mol. The summed E-state index contributed by atoms with van der Waals surface area (Å²) < 4.78 is 27.0. The van der Waals surface area contributed by atoms with E-state index in [2.05, 4.69) is 27.1 Å². The van der Waals surface area contributed by atoms with Crippen LogP contribution in [0.3, 0.4) is 0 Å². The first-order valence-corrected chi connectivity index (χ1v) is 13.2. The number of sulfone groups is 1. The predicted octanol–water partition coefficient (Wildman–Crippen LogP) is 4.34. The van der Waals surface area contributed by atoms with Crippen LogP contribution < -0.4 is 10.6 Å². The van der Waals surface area contributed by atoms with Gasteiger partial charge in [-0.1, -0.05) is 25.0 Å². The molecule has 1 aliphatic heterocycles.